The maximum absolute atomic E-state index is 12.0. The van der Waals surface area contributed by atoms with Crippen LogP contribution in [0, 0.1) is 0 Å². The first-order valence-corrected chi connectivity index (χ1v) is 8.61. The van der Waals surface area contributed by atoms with E-state index in [0.717, 1.165) is 17.9 Å². The van der Waals surface area contributed by atoms with E-state index in [-0.39, 0.29) is 0 Å². The van der Waals surface area contributed by atoms with E-state index in [0.29, 0.717) is 23.6 Å². The number of aromatic nitrogens is 1. The molecule has 0 aliphatic heterocycles. The van der Waals surface area contributed by atoms with Gasteiger partial charge >= 0.3 is 5.97 Å². The zero-order valence-corrected chi connectivity index (χ0v) is 14.9. The fraction of sp³-hybridized carbons (Fsp3) is 0.143. The van der Waals surface area contributed by atoms with Gasteiger partial charge in [-0.1, -0.05) is 6.92 Å². The molecule has 3 aromatic rings. The van der Waals surface area contributed by atoms with Crippen LogP contribution in [0.1, 0.15) is 23.7 Å². The number of azo groups is 1. The van der Waals surface area contributed by atoms with Gasteiger partial charge in [0.05, 0.1) is 23.5 Å². The topological polar surface area (TPSA) is 73.1 Å². The highest BCUT2D eigenvalue weighted by Crippen LogP contribution is 2.23. The Hall–Kier alpha value is -3.54. The molecule has 27 heavy (non-hydrogen) atoms. The SMILES string of the molecule is CCCOc1ccc(N=Nc2ccc(OC(=O)c3cccnc3)cc2)cc1. The van der Waals surface area contributed by atoms with E-state index in [1.807, 2.05) is 24.3 Å². The molecule has 6 nitrogen and oxygen atoms in total. The molecule has 6 heteroatoms. The number of ether oxygens (including phenoxy) is 2. The number of esters is 1. The summed E-state index contributed by atoms with van der Waals surface area (Å²) in [5, 5.41) is 8.37. The molecule has 0 N–H and O–H groups in total. The van der Waals surface area contributed by atoms with Crippen LogP contribution in [0.25, 0.3) is 0 Å². The van der Waals surface area contributed by atoms with Crippen LogP contribution in [-0.4, -0.2) is 17.6 Å². The molecule has 0 bridgehead atoms. The second kappa shape index (κ2) is 9.24. The van der Waals surface area contributed by atoms with E-state index in [1.54, 1.807) is 42.6 Å². The van der Waals surface area contributed by atoms with Crippen LogP contribution in [0.5, 0.6) is 11.5 Å². The molecule has 0 fully saturated rings. The van der Waals surface area contributed by atoms with Crippen LogP contribution in [0.4, 0.5) is 11.4 Å². The van der Waals surface area contributed by atoms with Crippen molar-refractivity contribution in [3.8, 4) is 11.5 Å². The predicted octanol–water partition coefficient (Wildman–Crippen LogP) is 5.51. The van der Waals surface area contributed by atoms with Crippen molar-refractivity contribution in [2.75, 3.05) is 6.61 Å². The first-order chi connectivity index (χ1) is 13.2. The molecule has 3 rings (SSSR count). The summed E-state index contributed by atoms with van der Waals surface area (Å²) in [7, 11) is 0. The fourth-order valence-electron chi connectivity index (χ4n) is 2.17. The first-order valence-electron chi connectivity index (χ1n) is 8.61. The van der Waals surface area contributed by atoms with Gasteiger partial charge in [-0.3, -0.25) is 4.98 Å². The van der Waals surface area contributed by atoms with E-state index in [2.05, 4.69) is 22.1 Å². The summed E-state index contributed by atoms with van der Waals surface area (Å²) in [6.07, 6.45) is 4.03. The molecule has 0 radical (unpaired) electrons. The summed E-state index contributed by atoms with van der Waals surface area (Å²) >= 11 is 0. The normalized spacial score (nSPS) is 10.7. The van der Waals surface area contributed by atoms with Crippen molar-refractivity contribution in [2.45, 2.75) is 13.3 Å². The second-order valence-electron chi connectivity index (χ2n) is 5.67. The lowest BCUT2D eigenvalue weighted by Crippen LogP contribution is -2.08. The molecule has 0 atom stereocenters. The lowest BCUT2D eigenvalue weighted by Gasteiger charge is -2.04. The minimum atomic E-state index is -0.456. The zero-order chi connectivity index (χ0) is 18.9. The number of hydrogen-bond donors (Lipinski definition) is 0. The highest BCUT2D eigenvalue weighted by Gasteiger charge is 2.08. The zero-order valence-electron chi connectivity index (χ0n) is 14.9. The van der Waals surface area contributed by atoms with Crippen LogP contribution in [0.15, 0.2) is 83.3 Å². The van der Waals surface area contributed by atoms with Crippen molar-refractivity contribution < 1.29 is 14.3 Å². The lowest BCUT2D eigenvalue weighted by molar-refractivity contribution is 0.0734. The van der Waals surface area contributed by atoms with Crippen LogP contribution >= 0.6 is 0 Å². The standard InChI is InChI=1S/C21H19N3O3/c1-2-14-26-19-9-5-17(6-10-19)23-24-18-7-11-20(12-8-18)27-21(25)16-4-3-13-22-15-16/h3-13,15H,2,14H2,1H3. The Morgan fingerprint density at radius 2 is 1.56 bits per heavy atom. The third kappa shape index (κ3) is 5.47. The van der Waals surface area contributed by atoms with Crippen LogP contribution in [0.2, 0.25) is 0 Å². The van der Waals surface area contributed by atoms with E-state index in [9.17, 15) is 4.79 Å². The van der Waals surface area contributed by atoms with Gasteiger partial charge in [0.1, 0.15) is 11.5 Å². The van der Waals surface area contributed by atoms with Gasteiger partial charge in [0.25, 0.3) is 0 Å². The van der Waals surface area contributed by atoms with E-state index in [1.165, 1.54) is 6.20 Å². The van der Waals surface area contributed by atoms with E-state index < -0.39 is 5.97 Å². The summed E-state index contributed by atoms with van der Waals surface area (Å²) < 4.78 is 10.8. The fourth-order valence-corrected chi connectivity index (χ4v) is 2.17. The number of nitrogens with zero attached hydrogens (tertiary/aromatic N) is 3. The Bertz CT molecular complexity index is 892. The van der Waals surface area contributed by atoms with Gasteiger partial charge in [0.15, 0.2) is 0 Å². The average Bonchev–Trinajstić information content (AvgIpc) is 2.73. The van der Waals surface area contributed by atoms with Crippen LogP contribution < -0.4 is 9.47 Å². The first kappa shape index (κ1) is 18.3. The molecule has 0 aliphatic carbocycles. The summed E-state index contributed by atoms with van der Waals surface area (Å²) in [4.78, 5) is 15.9. The number of carbonyl (C=O) groups excluding carboxylic acids is 1. The van der Waals surface area contributed by atoms with Crippen molar-refractivity contribution in [1.82, 2.24) is 4.98 Å². The van der Waals surface area contributed by atoms with Crippen molar-refractivity contribution >= 4 is 17.3 Å². The molecule has 0 aliphatic rings. The average molecular weight is 361 g/mol. The Labute approximate surface area is 157 Å². The Balaban J connectivity index is 1.58. The number of benzene rings is 2. The summed E-state index contributed by atoms with van der Waals surface area (Å²) in [6.45, 7) is 2.76. The molecule has 0 saturated heterocycles. The maximum atomic E-state index is 12.0. The van der Waals surface area contributed by atoms with Gasteiger partial charge in [-0.25, -0.2) is 4.79 Å². The van der Waals surface area contributed by atoms with Crippen LogP contribution in [-0.2, 0) is 0 Å². The van der Waals surface area contributed by atoms with Gasteiger partial charge in [-0.05, 0) is 67.1 Å². The molecule has 0 saturated carbocycles. The Kier molecular flexibility index (Phi) is 6.25. The van der Waals surface area contributed by atoms with Crippen molar-refractivity contribution in [3.63, 3.8) is 0 Å². The van der Waals surface area contributed by atoms with E-state index in [4.69, 9.17) is 9.47 Å². The molecular formula is C21H19N3O3. The van der Waals surface area contributed by atoms with Gasteiger partial charge in [-0.2, -0.15) is 10.2 Å². The minimum Gasteiger partial charge on any atom is -0.494 e. The number of rotatable bonds is 7. The highest BCUT2D eigenvalue weighted by molar-refractivity contribution is 5.90. The second-order valence-corrected chi connectivity index (χ2v) is 5.67. The summed E-state index contributed by atoms with van der Waals surface area (Å²) in [5.41, 5.74) is 1.78. The van der Waals surface area contributed by atoms with Crippen molar-refractivity contribution in [3.05, 3.63) is 78.6 Å². The predicted molar refractivity (Wildman–Crippen MR) is 102 cm³/mol. The highest BCUT2D eigenvalue weighted by atomic mass is 16.5. The molecule has 1 aromatic heterocycles. The molecule has 0 amide bonds. The molecule has 0 unspecified atom stereocenters. The van der Waals surface area contributed by atoms with Gasteiger partial charge in [-0.15, -0.1) is 0 Å². The number of hydrogen-bond acceptors (Lipinski definition) is 6. The van der Waals surface area contributed by atoms with Gasteiger partial charge in [0.2, 0.25) is 0 Å². The maximum Gasteiger partial charge on any atom is 0.345 e. The third-order valence-electron chi connectivity index (χ3n) is 3.54. The van der Waals surface area contributed by atoms with Crippen molar-refractivity contribution in [1.29, 1.82) is 0 Å². The van der Waals surface area contributed by atoms with Gasteiger partial charge in [0, 0.05) is 12.4 Å². The minimum absolute atomic E-state index is 0.396. The molecule has 0 spiro atoms. The molecular weight excluding hydrogens is 342 g/mol. The molecule has 136 valence electrons. The third-order valence-corrected chi connectivity index (χ3v) is 3.54. The smallest absolute Gasteiger partial charge is 0.345 e. The van der Waals surface area contributed by atoms with E-state index >= 15 is 0 Å². The number of pyridine rings is 1. The Morgan fingerprint density at radius 1 is 0.926 bits per heavy atom. The summed E-state index contributed by atoms with van der Waals surface area (Å²) in [5.74, 6) is 0.790. The van der Waals surface area contributed by atoms with Crippen LogP contribution in [0.3, 0.4) is 0 Å². The largest absolute Gasteiger partial charge is 0.494 e. The number of carbonyl (C=O) groups is 1. The molecule has 2 aromatic carbocycles. The quantitative estimate of drug-likeness (QED) is 0.316. The Morgan fingerprint density at radius 3 is 2.11 bits per heavy atom. The summed E-state index contributed by atoms with van der Waals surface area (Å²) in [6, 6.07) is 17.6. The monoisotopic (exact) mass is 361 g/mol. The van der Waals surface area contributed by atoms with Gasteiger partial charge < -0.3 is 9.47 Å². The lowest BCUT2D eigenvalue weighted by atomic mass is 10.3. The molecule has 1 heterocycles. The van der Waals surface area contributed by atoms with Crippen molar-refractivity contribution in [2.24, 2.45) is 10.2 Å².